The quantitative estimate of drug-likeness (QED) is 0.398. The monoisotopic (exact) mass is 339 g/mol. The van der Waals surface area contributed by atoms with Gasteiger partial charge in [-0.25, -0.2) is 0 Å². The van der Waals surface area contributed by atoms with Crippen molar-refractivity contribution in [1.82, 2.24) is 20.0 Å². The predicted molar refractivity (Wildman–Crippen MR) is 97.4 cm³/mol. The van der Waals surface area contributed by atoms with E-state index >= 15 is 0 Å². The van der Waals surface area contributed by atoms with Gasteiger partial charge in [-0.05, 0) is 12.8 Å². The van der Waals surface area contributed by atoms with Crippen LogP contribution in [0, 0.1) is 0 Å². The fourth-order valence-corrected chi connectivity index (χ4v) is 2.42. The number of hydrogen-bond donors (Lipinski definition) is 1. The number of aliphatic imine (C=N–C) groups is 1. The van der Waals surface area contributed by atoms with Crippen molar-refractivity contribution >= 4 is 5.96 Å². The Labute approximate surface area is 146 Å². The zero-order valence-corrected chi connectivity index (χ0v) is 16.0. The van der Waals surface area contributed by atoms with E-state index in [9.17, 15) is 0 Å². The topological polar surface area (TPSA) is 63.9 Å². The van der Waals surface area contributed by atoms with Crippen LogP contribution in [0.25, 0.3) is 0 Å². The summed E-state index contributed by atoms with van der Waals surface area (Å²) in [5, 5.41) is 7.90. The molecule has 1 aromatic rings. The van der Waals surface area contributed by atoms with Crippen LogP contribution in [0.15, 0.2) is 11.2 Å². The first-order valence-electron chi connectivity index (χ1n) is 8.58. The minimum atomic E-state index is 0.406. The van der Waals surface area contributed by atoms with Gasteiger partial charge >= 0.3 is 0 Å². The number of nitrogens with one attached hydrogen (secondary N) is 1. The Bertz CT molecular complexity index is 499. The van der Waals surface area contributed by atoms with Crippen LogP contribution in [0.1, 0.15) is 37.9 Å². The van der Waals surface area contributed by atoms with E-state index in [1.165, 1.54) is 5.56 Å². The van der Waals surface area contributed by atoms with E-state index in [4.69, 9.17) is 9.47 Å². The van der Waals surface area contributed by atoms with Gasteiger partial charge in [-0.3, -0.25) is 9.67 Å². The van der Waals surface area contributed by atoms with E-state index in [0.717, 1.165) is 24.7 Å². The molecule has 0 amide bonds. The third kappa shape index (κ3) is 6.88. The molecule has 0 radical (unpaired) electrons. The summed E-state index contributed by atoms with van der Waals surface area (Å²) in [5.41, 5.74) is 2.38. The zero-order valence-electron chi connectivity index (χ0n) is 16.0. The molecule has 0 bridgehead atoms. The first kappa shape index (κ1) is 20.4. The molecule has 0 unspecified atom stereocenters. The molecule has 1 heterocycles. The molecule has 0 saturated carbocycles. The van der Waals surface area contributed by atoms with Gasteiger partial charge in [0.05, 0.1) is 32.1 Å². The predicted octanol–water partition coefficient (Wildman–Crippen LogP) is 1.60. The minimum Gasteiger partial charge on any atom is -0.382 e. The first-order chi connectivity index (χ1) is 11.5. The number of methoxy groups -OCH3 is 1. The number of ether oxygens (including phenoxy) is 2. The molecule has 24 heavy (non-hydrogen) atoms. The van der Waals surface area contributed by atoms with Gasteiger partial charge in [0.25, 0.3) is 0 Å². The van der Waals surface area contributed by atoms with Crippen molar-refractivity contribution in [2.45, 2.75) is 33.2 Å². The summed E-state index contributed by atoms with van der Waals surface area (Å²) in [6.45, 7) is 10.5. The van der Waals surface area contributed by atoms with Gasteiger partial charge in [0, 0.05) is 46.1 Å². The van der Waals surface area contributed by atoms with Crippen LogP contribution in [-0.4, -0.2) is 67.7 Å². The lowest BCUT2D eigenvalue weighted by molar-refractivity contribution is 0.0747. The van der Waals surface area contributed by atoms with E-state index < -0.39 is 0 Å². The number of nitrogens with zero attached hydrogens (tertiary/aromatic N) is 4. The fraction of sp³-hybridized carbons (Fsp3) is 0.765. The molecular weight excluding hydrogens is 306 g/mol. The first-order valence-corrected chi connectivity index (χ1v) is 8.58. The summed E-state index contributed by atoms with van der Waals surface area (Å²) in [4.78, 5) is 6.75. The van der Waals surface area contributed by atoms with Crippen LogP contribution < -0.4 is 5.32 Å². The molecule has 138 valence electrons. The molecular formula is C17H33N5O2. The summed E-state index contributed by atoms with van der Waals surface area (Å²) in [6.07, 6.45) is 2.09. The highest BCUT2D eigenvalue weighted by molar-refractivity contribution is 5.79. The maximum absolute atomic E-state index is 5.46. The summed E-state index contributed by atoms with van der Waals surface area (Å²) in [5.74, 6) is 1.29. The van der Waals surface area contributed by atoms with Gasteiger partial charge in [0.2, 0.25) is 0 Å². The molecule has 1 rings (SSSR count). The third-order valence-electron chi connectivity index (χ3n) is 3.52. The highest BCUT2D eigenvalue weighted by Crippen LogP contribution is 2.18. The Morgan fingerprint density at radius 3 is 2.75 bits per heavy atom. The Hall–Kier alpha value is -1.60. The second-order valence-electron chi connectivity index (χ2n) is 6.06. The van der Waals surface area contributed by atoms with Gasteiger partial charge in [0.15, 0.2) is 5.96 Å². The number of hydrogen-bond acceptors (Lipinski definition) is 4. The van der Waals surface area contributed by atoms with Crippen LogP contribution >= 0.6 is 0 Å². The standard InChI is InChI=1S/C17H33N5O2/c1-7-18-17(19-8-9-24-11-10-23-6)21(4)12-15-13-22(5)20-16(15)14(2)3/h13-14H,7-12H2,1-6H3,(H,18,19). The van der Waals surface area contributed by atoms with Crippen molar-refractivity contribution in [3.8, 4) is 0 Å². The Morgan fingerprint density at radius 2 is 2.12 bits per heavy atom. The minimum absolute atomic E-state index is 0.406. The van der Waals surface area contributed by atoms with Crippen molar-refractivity contribution in [3.05, 3.63) is 17.5 Å². The van der Waals surface area contributed by atoms with Crippen molar-refractivity contribution in [2.24, 2.45) is 12.0 Å². The molecule has 7 nitrogen and oxygen atoms in total. The molecule has 1 N–H and O–H groups in total. The second-order valence-corrected chi connectivity index (χ2v) is 6.06. The van der Waals surface area contributed by atoms with Gasteiger partial charge in [-0.1, -0.05) is 13.8 Å². The molecule has 1 aromatic heterocycles. The van der Waals surface area contributed by atoms with Crippen molar-refractivity contribution < 1.29 is 9.47 Å². The molecule has 0 saturated heterocycles. The van der Waals surface area contributed by atoms with Crippen molar-refractivity contribution in [2.75, 3.05) is 47.1 Å². The molecule has 0 aromatic carbocycles. The van der Waals surface area contributed by atoms with E-state index in [0.29, 0.717) is 32.3 Å². The summed E-state index contributed by atoms with van der Waals surface area (Å²) in [6, 6.07) is 0. The average Bonchev–Trinajstić information content (AvgIpc) is 2.90. The summed E-state index contributed by atoms with van der Waals surface area (Å²) >= 11 is 0. The van der Waals surface area contributed by atoms with Crippen molar-refractivity contribution in [3.63, 3.8) is 0 Å². The second kappa shape index (κ2) is 11.0. The van der Waals surface area contributed by atoms with Gasteiger partial charge in [-0.15, -0.1) is 0 Å². The SMILES string of the molecule is CCNC(=NCCOCCOC)N(C)Cc1cn(C)nc1C(C)C. The van der Waals surface area contributed by atoms with E-state index in [2.05, 4.69) is 47.3 Å². The van der Waals surface area contributed by atoms with Crippen molar-refractivity contribution in [1.29, 1.82) is 0 Å². The maximum Gasteiger partial charge on any atom is 0.194 e. The van der Waals surface area contributed by atoms with Gasteiger partial charge in [0.1, 0.15) is 0 Å². The van der Waals surface area contributed by atoms with Gasteiger partial charge in [-0.2, -0.15) is 5.10 Å². The van der Waals surface area contributed by atoms with E-state index in [-0.39, 0.29) is 0 Å². The Balaban J connectivity index is 2.64. The Morgan fingerprint density at radius 1 is 1.38 bits per heavy atom. The van der Waals surface area contributed by atoms with Crippen LogP contribution in [0.3, 0.4) is 0 Å². The van der Waals surface area contributed by atoms with Gasteiger partial charge < -0.3 is 19.7 Å². The van der Waals surface area contributed by atoms with E-state index in [1.807, 2.05) is 18.8 Å². The van der Waals surface area contributed by atoms with Crippen LogP contribution in [0.2, 0.25) is 0 Å². The lowest BCUT2D eigenvalue weighted by atomic mass is 10.1. The average molecular weight is 339 g/mol. The zero-order chi connectivity index (χ0) is 17.9. The highest BCUT2D eigenvalue weighted by atomic mass is 16.5. The fourth-order valence-electron chi connectivity index (χ4n) is 2.42. The van der Waals surface area contributed by atoms with Crippen LogP contribution in [0.4, 0.5) is 0 Å². The molecule has 7 heteroatoms. The summed E-state index contributed by atoms with van der Waals surface area (Å²) in [7, 11) is 5.68. The molecule has 0 aliphatic heterocycles. The van der Waals surface area contributed by atoms with E-state index in [1.54, 1.807) is 7.11 Å². The van der Waals surface area contributed by atoms with Crippen LogP contribution in [0.5, 0.6) is 0 Å². The maximum atomic E-state index is 5.46. The smallest absolute Gasteiger partial charge is 0.194 e. The largest absolute Gasteiger partial charge is 0.382 e. The molecule has 0 fully saturated rings. The normalized spacial score (nSPS) is 12.0. The molecule has 0 aliphatic rings. The molecule has 0 aliphatic carbocycles. The lowest BCUT2D eigenvalue weighted by Gasteiger charge is -2.22. The van der Waals surface area contributed by atoms with Crippen LogP contribution in [-0.2, 0) is 23.1 Å². The Kier molecular flexibility index (Phi) is 9.41. The molecule has 0 atom stereocenters. The third-order valence-corrected chi connectivity index (χ3v) is 3.52. The summed E-state index contributed by atoms with van der Waals surface area (Å²) < 4.78 is 12.3. The highest BCUT2D eigenvalue weighted by Gasteiger charge is 2.14. The number of aromatic nitrogens is 2. The number of rotatable bonds is 10. The number of guanidine groups is 1. The molecule has 0 spiro atoms. The number of aryl methyl sites for hydroxylation is 1. The lowest BCUT2D eigenvalue weighted by Crippen LogP contribution is -2.38.